The lowest BCUT2D eigenvalue weighted by molar-refractivity contribution is 0.359. The van der Waals surface area contributed by atoms with E-state index in [1.807, 2.05) is 24.3 Å². The van der Waals surface area contributed by atoms with Crippen LogP contribution < -0.4 is 5.32 Å². The number of benzene rings is 1. The summed E-state index contributed by atoms with van der Waals surface area (Å²) in [6, 6.07) is 7.51. The minimum absolute atomic E-state index is 0.332. The molecule has 17 heavy (non-hydrogen) atoms. The minimum Gasteiger partial charge on any atom is -0.339 e. The Morgan fingerprint density at radius 1 is 1.35 bits per heavy atom. The van der Waals surface area contributed by atoms with Crippen molar-refractivity contribution in [2.24, 2.45) is 0 Å². The molecule has 2 aromatic rings. The molecule has 1 aromatic heterocycles. The average molecular weight is 250 g/mol. The molecule has 1 aliphatic heterocycles. The Hall–Kier alpha value is -1.39. The maximum Gasteiger partial charge on any atom is 0.231 e. The van der Waals surface area contributed by atoms with Crippen molar-refractivity contribution < 1.29 is 4.52 Å². The quantitative estimate of drug-likeness (QED) is 0.888. The molecule has 0 aliphatic carbocycles. The van der Waals surface area contributed by atoms with Crippen LogP contribution in [0.3, 0.4) is 0 Å². The van der Waals surface area contributed by atoms with E-state index in [-0.39, 0.29) is 0 Å². The van der Waals surface area contributed by atoms with E-state index in [1.165, 1.54) is 0 Å². The van der Waals surface area contributed by atoms with Crippen molar-refractivity contribution >= 4 is 11.6 Å². The van der Waals surface area contributed by atoms with Gasteiger partial charge in [-0.2, -0.15) is 4.98 Å². The van der Waals surface area contributed by atoms with E-state index in [4.69, 9.17) is 16.1 Å². The number of aromatic nitrogens is 2. The highest BCUT2D eigenvalue weighted by Gasteiger charge is 2.23. The first kappa shape index (κ1) is 10.7. The van der Waals surface area contributed by atoms with Crippen LogP contribution in [0.15, 0.2) is 28.8 Å². The average Bonchev–Trinajstić information content (AvgIpc) is 3.00. The largest absolute Gasteiger partial charge is 0.339 e. The molecule has 1 atom stereocenters. The van der Waals surface area contributed by atoms with Gasteiger partial charge in [0.2, 0.25) is 11.7 Å². The molecule has 88 valence electrons. The van der Waals surface area contributed by atoms with Crippen molar-refractivity contribution in [3.05, 3.63) is 35.2 Å². The molecule has 0 bridgehead atoms. The fourth-order valence-electron chi connectivity index (χ4n) is 2.02. The van der Waals surface area contributed by atoms with E-state index in [2.05, 4.69) is 15.5 Å². The molecule has 0 spiro atoms. The molecule has 0 amide bonds. The molecule has 5 heteroatoms. The van der Waals surface area contributed by atoms with E-state index in [9.17, 15) is 0 Å². The molecular formula is C12H12ClN3O. The summed E-state index contributed by atoms with van der Waals surface area (Å²) in [5.41, 5.74) is 0.815. The van der Waals surface area contributed by atoms with Crippen molar-refractivity contribution in [3.8, 4) is 11.4 Å². The van der Waals surface area contributed by atoms with Crippen LogP contribution in [0.5, 0.6) is 0 Å². The lowest BCUT2D eigenvalue weighted by Crippen LogP contribution is -2.08. The highest BCUT2D eigenvalue weighted by molar-refractivity contribution is 6.33. The summed E-state index contributed by atoms with van der Waals surface area (Å²) in [6.45, 7) is 1.92. The first-order valence-electron chi connectivity index (χ1n) is 5.64. The maximum atomic E-state index is 6.09. The summed E-state index contributed by atoms with van der Waals surface area (Å²) in [5.74, 6) is 1.60. The monoisotopic (exact) mass is 249 g/mol. The van der Waals surface area contributed by atoms with Gasteiger partial charge in [-0.3, -0.25) is 0 Å². The lowest BCUT2D eigenvalue weighted by Gasteiger charge is -1.99. The Morgan fingerprint density at radius 2 is 2.24 bits per heavy atom. The van der Waals surface area contributed by atoms with Gasteiger partial charge in [-0.1, -0.05) is 28.9 Å². The van der Waals surface area contributed by atoms with Crippen LogP contribution in [0, 0.1) is 0 Å². The first-order chi connectivity index (χ1) is 8.34. The summed E-state index contributed by atoms with van der Waals surface area (Å²) in [7, 11) is 0. The Balaban J connectivity index is 1.92. The number of hydrogen-bond donors (Lipinski definition) is 1. The standard InChI is InChI=1S/C12H12ClN3O/c13-10-4-2-1-3-9(10)11-15-12(17-16-11)8-5-6-14-7-8/h1-4,8,14H,5-7H2/t8-/m0/s1. The summed E-state index contributed by atoms with van der Waals surface area (Å²) in [4.78, 5) is 4.42. The Labute approximate surface area is 104 Å². The molecule has 1 saturated heterocycles. The summed E-state index contributed by atoms with van der Waals surface area (Å²) in [5, 5.41) is 7.91. The molecule has 4 nitrogen and oxygen atoms in total. The molecule has 0 radical (unpaired) electrons. The molecule has 1 fully saturated rings. The van der Waals surface area contributed by atoms with E-state index in [0.717, 1.165) is 25.1 Å². The van der Waals surface area contributed by atoms with Gasteiger partial charge >= 0.3 is 0 Å². The van der Waals surface area contributed by atoms with Crippen molar-refractivity contribution in [1.82, 2.24) is 15.5 Å². The third kappa shape index (κ3) is 2.06. The van der Waals surface area contributed by atoms with Crippen LogP contribution >= 0.6 is 11.6 Å². The minimum atomic E-state index is 0.332. The van der Waals surface area contributed by atoms with Gasteiger partial charge in [-0.25, -0.2) is 0 Å². The smallest absolute Gasteiger partial charge is 0.231 e. The zero-order valence-electron chi connectivity index (χ0n) is 9.19. The van der Waals surface area contributed by atoms with E-state index >= 15 is 0 Å². The predicted molar refractivity (Wildman–Crippen MR) is 65.0 cm³/mol. The first-order valence-corrected chi connectivity index (χ1v) is 6.01. The van der Waals surface area contributed by atoms with Crippen LogP contribution in [0.2, 0.25) is 5.02 Å². The van der Waals surface area contributed by atoms with Crippen LogP contribution in [0.25, 0.3) is 11.4 Å². The SMILES string of the molecule is Clc1ccccc1-c1noc([C@H]2CCNC2)n1. The molecule has 1 N–H and O–H groups in total. The van der Waals surface area contributed by atoms with Crippen LogP contribution in [0.4, 0.5) is 0 Å². The summed E-state index contributed by atoms with van der Waals surface area (Å²) >= 11 is 6.09. The highest BCUT2D eigenvalue weighted by atomic mass is 35.5. The van der Waals surface area contributed by atoms with Crippen LogP contribution in [-0.4, -0.2) is 23.2 Å². The third-order valence-corrected chi connectivity index (χ3v) is 3.30. The topological polar surface area (TPSA) is 51.0 Å². The normalized spacial score (nSPS) is 19.7. The van der Waals surface area contributed by atoms with Gasteiger partial charge in [0.15, 0.2) is 0 Å². The van der Waals surface area contributed by atoms with Crippen LogP contribution in [-0.2, 0) is 0 Å². The van der Waals surface area contributed by atoms with Crippen molar-refractivity contribution in [2.45, 2.75) is 12.3 Å². The molecule has 0 saturated carbocycles. The maximum absolute atomic E-state index is 6.09. The molecule has 1 aliphatic rings. The van der Waals surface area contributed by atoms with Gasteiger partial charge in [0, 0.05) is 12.1 Å². The zero-order chi connectivity index (χ0) is 11.7. The molecule has 2 heterocycles. The second kappa shape index (κ2) is 4.47. The molecule has 1 aromatic carbocycles. The van der Waals surface area contributed by atoms with Crippen molar-refractivity contribution in [1.29, 1.82) is 0 Å². The fourth-order valence-corrected chi connectivity index (χ4v) is 2.24. The predicted octanol–water partition coefficient (Wildman–Crippen LogP) is 2.47. The zero-order valence-corrected chi connectivity index (χ0v) is 9.94. The fraction of sp³-hybridized carbons (Fsp3) is 0.333. The summed E-state index contributed by atoms with van der Waals surface area (Å²) in [6.07, 6.45) is 1.05. The van der Waals surface area contributed by atoms with Gasteiger partial charge in [0.25, 0.3) is 0 Å². The number of hydrogen-bond acceptors (Lipinski definition) is 4. The van der Waals surface area contributed by atoms with Gasteiger partial charge in [0.1, 0.15) is 0 Å². The van der Waals surface area contributed by atoms with Crippen molar-refractivity contribution in [3.63, 3.8) is 0 Å². The van der Waals surface area contributed by atoms with Gasteiger partial charge in [0.05, 0.1) is 10.9 Å². The van der Waals surface area contributed by atoms with E-state index in [1.54, 1.807) is 0 Å². The number of rotatable bonds is 2. The number of nitrogens with one attached hydrogen (secondary N) is 1. The third-order valence-electron chi connectivity index (χ3n) is 2.97. The lowest BCUT2D eigenvalue weighted by atomic mass is 10.1. The molecule has 3 rings (SSSR count). The Morgan fingerprint density at radius 3 is 3.00 bits per heavy atom. The molecular weight excluding hydrogens is 238 g/mol. The van der Waals surface area contributed by atoms with Gasteiger partial charge in [-0.15, -0.1) is 0 Å². The van der Waals surface area contributed by atoms with E-state index < -0.39 is 0 Å². The van der Waals surface area contributed by atoms with Crippen LogP contribution in [0.1, 0.15) is 18.2 Å². The van der Waals surface area contributed by atoms with Gasteiger partial charge in [-0.05, 0) is 25.1 Å². The highest BCUT2D eigenvalue weighted by Crippen LogP contribution is 2.27. The second-order valence-corrected chi connectivity index (χ2v) is 4.53. The Bertz CT molecular complexity index is 520. The number of halogens is 1. The van der Waals surface area contributed by atoms with E-state index in [0.29, 0.717) is 22.7 Å². The second-order valence-electron chi connectivity index (χ2n) is 4.13. The van der Waals surface area contributed by atoms with Crippen molar-refractivity contribution in [2.75, 3.05) is 13.1 Å². The molecule has 0 unspecified atom stereocenters. The Kier molecular flexibility index (Phi) is 2.82. The summed E-state index contributed by atoms with van der Waals surface area (Å²) < 4.78 is 5.30. The number of nitrogens with zero attached hydrogens (tertiary/aromatic N) is 2. The van der Waals surface area contributed by atoms with Gasteiger partial charge < -0.3 is 9.84 Å².